The first-order valence-electron chi connectivity index (χ1n) is 8.02. The van der Waals surface area contributed by atoms with Gasteiger partial charge in [0.2, 0.25) is 5.91 Å². The summed E-state index contributed by atoms with van der Waals surface area (Å²) >= 11 is 0. The lowest BCUT2D eigenvalue weighted by Gasteiger charge is -2.26. The van der Waals surface area contributed by atoms with E-state index in [-0.39, 0.29) is 0 Å². The normalized spacial score (nSPS) is 11.3. The van der Waals surface area contributed by atoms with Crippen molar-refractivity contribution in [3.8, 4) is 11.4 Å². The molecule has 0 radical (unpaired) electrons. The topological polar surface area (TPSA) is 85.8 Å². The molecule has 0 bridgehead atoms. The van der Waals surface area contributed by atoms with Gasteiger partial charge in [0.15, 0.2) is 11.6 Å². The number of hydrogen-bond acceptors (Lipinski definition) is 4. The zero-order valence-corrected chi connectivity index (χ0v) is 14.5. The van der Waals surface area contributed by atoms with E-state index in [1.165, 1.54) is 0 Å². The Labute approximate surface area is 146 Å². The van der Waals surface area contributed by atoms with Crippen molar-refractivity contribution in [3.63, 3.8) is 0 Å². The molecule has 1 amide bonds. The Balaban J connectivity index is 2.00. The fourth-order valence-corrected chi connectivity index (χ4v) is 2.94. The number of nitrogens with zero attached hydrogens (tertiary/aromatic N) is 3. The van der Waals surface area contributed by atoms with Gasteiger partial charge in [-0.1, -0.05) is 36.4 Å². The van der Waals surface area contributed by atoms with Gasteiger partial charge in [-0.05, 0) is 32.0 Å². The first-order valence-corrected chi connectivity index (χ1v) is 8.02. The number of aromatic nitrogens is 3. The lowest BCUT2D eigenvalue weighted by atomic mass is 10.0. The monoisotopic (exact) mass is 335 g/mol. The molecule has 3 rings (SSSR count). The van der Waals surface area contributed by atoms with E-state index in [4.69, 9.17) is 5.73 Å². The number of nitrogens with two attached hydrogens (primary N) is 1. The average Bonchev–Trinajstić information content (AvgIpc) is 2.97. The number of amides is 1. The highest BCUT2D eigenvalue weighted by molar-refractivity contribution is 5.99. The van der Waals surface area contributed by atoms with Crippen molar-refractivity contribution in [2.45, 2.75) is 19.4 Å². The van der Waals surface area contributed by atoms with Gasteiger partial charge in [0.05, 0.1) is 11.1 Å². The van der Waals surface area contributed by atoms with Gasteiger partial charge in [-0.15, -0.1) is 10.2 Å². The molecule has 1 heterocycles. The number of anilines is 1. The Morgan fingerprint density at radius 2 is 1.68 bits per heavy atom. The van der Waals surface area contributed by atoms with E-state index in [1.54, 1.807) is 12.1 Å². The van der Waals surface area contributed by atoms with Crippen LogP contribution in [0.5, 0.6) is 0 Å². The number of carbonyl (C=O) groups is 1. The summed E-state index contributed by atoms with van der Waals surface area (Å²) in [6, 6.07) is 17.1. The van der Waals surface area contributed by atoms with Crippen molar-refractivity contribution in [2.24, 2.45) is 12.8 Å². The zero-order chi connectivity index (χ0) is 18.0. The zero-order valence-electron chi connectivity index (χ0n) is 14.5. The number of rotatable bonds is 5. The molecule has 0 atom stereocenters. The summed E-state index contributed by atoms with van der Waals surface area (Å²) in [6.07, 6.45) is 0. The molecule has 0 fully saturated rings. The van der Waals surface area contributed by atoms with Crippen LogP contribution in [0.15, 0.2) is 54.6 Å². The smallest absolute Gasteiger partial charge is 0.249 e. The first kappa shape index (κ1) is 16.7. The van der Waals surface area contributed by atoms with Crippen LogP contribution in [0.2, 0.25) is 0 Å². The van der Waals surface area contributed by atoms with E-state index in [1.807, 2.05) is 67.9 Å². The molecule has 0 saturated carbocycles. The van der Waals surface area contributed by atoms with Gasteiger partial charge in [0.1, 0.15) is 0 Å². The summed E-state index contributed by atoms with van der Waals surface area (Å²) in [4.78, 5) is 11.7. The largest absolute Gasteiger partial charge is 0.373 e. The summed E-state index contributed by atoms with van der Waals surface area (Å²) in [5.74, 6) is 0.875. The van der Waals surface area contributed by atoms with Crippen molar-refractivity contribution >= 4 is 11.6 Å². The first-order chi connectivity index (χ1) is 11.9. The number of nitrogens with one attached hydrogen (secondary N) is 1. The third-order valence-electron chi connectivity index (χ3n) is 4.10. The van der Waals surface area contributed by atoms with E-state index in [2.05, 4.69) is 15.5 Å². The molecule has 2 aromatic carbocycles. The minimum absolute atomic E-state index is 0.429. The Bertz CT molecular complexity index is 899. The van der Waals surface area contributed by atoms with Gasteiger partial charge in [-0.2, -0.15) is 0 Å². The second kappa shape index (κ2) is 6.39. The Morgan fingerprint density at radius 1 is 1.04 bits per heavy atom. The highest BCUT2D eigenvalue weighted by Crippen LogP contribution is 2.28. The predicted octanol–water partition coefficient (Wildman–Crippen LogP) is 2.93. The van der Waals surface area contributed by atoms with Crippen molar-refractivity contribution in [1.29, 1.82) is 0 Å². The molecule has 0 aliphatic carbocycles. The van der Waals surface area contributed by atoms with Crippen molar-refractivity contribution < 1.29 is 4.79 Å². The van der Waals surface area contributed by atoms with Crippen LogP contribution in [0, 0.1) is 0 Å². The molecular weight excluding hydrogens is 314 g/mol. The van der Waals surface area contributed by atoms with Crippen LogP contribution in [0.4, 0.5) is 5.69 Å². The van der Waals surface area contributed by atoms with Crippen LogP contribution in [-0.2, 0) is 12.6 Å². The van der Waals surface area contributed by atoms with E-state index in [9.17, 15) is 4.79 Å². The van der Waals surface area contributed by atoms with Crippen molar-refractivity contribution in [2.75, 3.05) is 5.32 Å². The number of para-hydroxylation sites is 1. The minimum atomic E-state index is -0.484. The summed E-state index contributed by atoms with van der Waals surface area (Å²) in [6.45, 7) is 4.07. The molecule has 0 unspecified atom stereocenters. The summed E-state index contributed by atoms with van der Waals surface area (Å²) < 4.78 is 1.89. The molecule has 25 heavy (non-hydrogen) atoms. The highest BCUT2D eigenvalue weighted by atomic mass is 16.1. The summed E-state index contributed by atoms with van der Waals surface area (Å²) in [5.41, 5.74) is 7.13. The molecule has 0 spiro atoms. The molecular formula is C19H21N5O. The second-order valence-corrected chi connectivity index (χ2v) is 6.43. The SMILES string of the molecule is Cn1c(-c2ccccc2C(N)=O)nnc1C(C)(C)Nc1ccccc1. The summed E-state index contributed by atoms with van der Waals surface area (Å²) in [7, 11) is 1.89. The molecule has 0 aliphatic heterocycles. The van der Waals surface area contributed by atoms with Crippen molar-refractivity contribution in [1.82, 2.24) is 14.8 Å². The fourth-order valence-electron chi connectivity index (χ4n) is 2.94. The van der Waals surface area contributed by atoms with Gasteiger partial charge in [0.25, 0.3) is 0 Å². The number of primary amides is 1. The standard InChI is InChI=1S/C19H21N5O/c1-19(2,21-13-9-5-4-6-10-13)18-23-22-17(24(18)3)15-12-8-7-11-14(15)16(20)25/h4-12,21H,1-3H3,(H2,20,25). The van der Waals surface area contributed by atoms with Gasteiger partial charge in [0, 0.05) is 18.3 Å². The quantitative estimate of drug-likeness (QED) is 0.750. The van der Waals surface area contributed by atoms with Crippen LogP contribution >= 0.6 is 0 Å². The van der Waals surface area contributed by atoms with Crippen LogP contribution in [0.25, 0.3) is 11.4 Å². The molecule has 0 aliphatic rings. The second-order valence-electron chi connectivity index (χ2n) is 6.43. The molecule has 6 heteroatoms. The maximum atomic E-state index is 11.7. The van der Waals surface area contributed by atoms with Crippen LogP contribution in [-0.4, -0.2) is 20.7 Å². The lowest BCUT2D eigenvalue weighted by molar-refractivity contribution is 0.100. The molecule has 3 aromatic rings. The Morgan fingerprint density at radius 3 is 2.36 bits per heavy atom. The molecule has 6 nitrogen and oxygen atoms in total. The van der Waals surface area contributed by atoms with E-state index in [0.717, 1.165) is 11.5 Å². The van der Waals surface area contributed by atoms with Crippen LogP contribution in [0.1, 0.15) is 30.0 Å². The molecule has 1 aromatic heterocycles. The fraction of sp³-hybridized carbons (Fsp3) is 0.211. The summed E-state index contributed by atoms with van der Waals surface area (Å²) in [5, 5.41) is 12.1. The van der Waals surface area contributed by atoms with Crippen LogP contribution in [0.3, 0.4) is 0 Å². The van der Waals surface area contributed by atoms with Gasteiger partial charge < -0.3 is 15.6 Å². The van der Waals surface area contributed by atoms with Gasteiger partial charge in [-0.3, -0.25) is 4.79 Å². The van der Waals surface area contributed by atoms with Crippen LogP contribution < -0.4 is 11.1 Å². The number of carbonyl (C=O) groups excluding carboxylic acids is 1. The van der Waals surface area contributed by atoms with Gasteiger partial charge in [-0.25, -0.2) is 0 Å². The third kappa shape index (κ3) is 3.24. The maximum absolute atomic E-state index is 11.7. The number of hydrogen-bond donors (Lipinski definition) is 2. The minimum Gasteiger partial charge on any atom is -0.373 e. The van der Waals surface area contributed by atoms with Crippen molar-refractivity contribution in [3.05, 3.63) is 66.0 Å². The molecule has 3 N–H and O–H groups in total. The predicted molar refractivity (Wildman–Crippen MR) is 98.0 cm³/mol. The number of benzene rings is 2. The average molecular weight is 335 g/mol. The third-order valence-corrected chi connectivity index (χ3v) is 4.10. The van der Waals surface area contributed by atoms with E-state index >= 15 is 0 Å². The maximum Gasteiger partial charge on any atom is 0.249 e. The van der Waals surface area contributed by atoms with Gasteiger partial charge >= 0.3 is 0 Å². The highest BCUT2D eigenvalue weighted by Gasteiger charge is 2.28. The lowest BCUT2D eigenvalue weighted by Crippen LogP contribution is -2.31. The Kier molecular flexibility index (Phi) is 4.27. The Hall–Kier alpha value is -3.15. The molecule has 128 valence electrons. The van der Waals surface area contributed by atoms with E-state index in [0.29, 0.717) is 17.0 Å². The van der Waals surface area contributed by atoms with E-state index < -0.39 is 11.4 Å². The molecule has 0 saturated heterocycles.